The Bertz CT molecular complexity index is 679. The number of thioether (sulfide) groups is 1. The minimum Gasteiger partial charge on any atom is -0.325 e. The standard InChI is InChI=1S/C17H24N4OS/c1-11(2)16-19-20-17(21(16)12(3)4)23-10-15(22)18-14-9-7-6-8-13(14)5/h6-9,11-12H,10H2,1-5H3,(H,18,22). The summed E-state index contributed by atoms with van der Waals surface area (Å²) in [4.78, 5) is 12.2. The van der Waals surface area contributed by atoms with Crippen molar-refractivity contribution in [2.45, 2.75) is 51.7 Å². The second kappa shape index (κ2) is 7.64. The number of anilines is 1. The molecule has 1 amide bonds. The van der Waals surface area contributed by atoms with Crippen LogP contribution in [0.15, 0.2) is 29.4 Å². The van der Waals surface area contributed by atoms with Crippen molar-refractivity contribution in [1.82, 2.24) is 14.8 Å². The Kier molecular flexibility index (Phi) is 5.82. The van der Waals surface area contributed by atoms with E-state index in [1.807, 2.05) is 31.2 Å². The lowest BCUT2D eigenvalue weighted by molar-refractivity contribution is -0.113. The highest BCUT2D eigenvalue weighted by atomic mass is 32.2. The predicted molar refractivity (Wildman–Crippen MR) is 95.0 cm³/mol. The number of hydrogen-bond acceptors (Lipinski definition) is 4. The van der Waals surface area contributed by atoms with Crippen LogP contribution in [0.4, 0.5) is 5.69 Å². The van der Waals surface area contributed by atoms with E-state index >= 15 is 0 Å². The molecule has 1 aromatic carbocycles. The first kappa shape index (κ1) is 17.5. The summed E-state index contributed by atoms with van der Waals surface area (Å²) in [5, 5.41) is 12.3. The van der Waals surface area contributed by atoms with E-state index in [2.05, 4.69) is 47.8 Å². The minimum absolute atomic E-state index is 0.0336. The molecular formula is C17H24N4OS. The Labute approximate surface area is 141 Å². The lowest BCUT2D eigenvalue weighted by Gasteiger charge is -2.15. The van der Waals surface area contributed by atoms with Gasteiger partial charge in [-0.15, -0.1) is 10.2 Å². The van der Waals surface area contributed by atoms with Crippen LogP contribution in [0.25, 0.3) is 0 Å². The molecule has 0 aliphatic heterocycles. The van der Waals surface area contributed by atoms with Crippen molar-refractivity contribution in [2.24, 2.45) is 0 Å². The minimum atomic E-state index is -0.0336. The van der Waals surface area contributed by atoms with Crippen LogP contribution in [-0.4, -0.2) is 26.4 Å². The third kappa shape index (κ3) is 4.34. The van der Waals surface area contributed by atoms with Crippen molar-refractivity contribution in [3.05, 3.63) is 35.7 Å². The summed E-state index contributed by atoms with van der Waals surface area (Å²) in [6.45, 7) is 10.4. The third-order valence-corrected chi connectivity index (χ3v) is 4.42. The predicted octanol–water partition coefficient (Wildman–Crippen LogP) is 4.02. The number of carbonyl (C=O) groups is 1. The lowest BCUT2D eigenvalue weighted by atomic mass is 10.2. The summed E-state index contributed by atoms with van der Waals surface area (Å²) < 4.78 is 2.11. The average Bonchev–Trinajstić information content (AvgIpc) is 2.92. The average molecular weight is 332 g/mol. The molecule has 1 N–H and O–H groups in total. The van der Waals surface area contributed by atoms with Crippen LogP contribution in [0.1, 0.15) is 51.0 Å². The van der Waals surface area contributed by atoms with Crippen molar-refractivity contribution in [1.29, 1.82) is 0 Å². The Morgan fingerprint density at radius 1 is 1.22 bits per heavy atom. The van der Waals surface area contributed by atoms with Gasteiger partial charge in [0, 0.05) is 17.6 Å². The van der Waals surface area contributed by atoms with Gasteiger partial charge in [-0.2, -0.15) is 0 Å². The summed E-state index contributed by atoms with van der Waals surface area (Å²) in [7, 11) is 0. The molecule has 0 aliphatic carbocycles. The van der Waals surface area contributed by atoms with Crippen LogP contribution < -0.4 is 5.32 Å². The third-order valence-electron chi connectivity index (χ3n) is 3.48. The van der Waals surface area contributed by atoms with Gasteiger partial charge in [0.15, 0.2) is 5.16 Å². The zero-order chi connectivity index (χ0) is 17.0. The summed E-state index contributed by atoms with van der Waals surface area (Å²) in [6.07, 6.45) is 0. The Hall–Kier alpha value is -1.82. The zero-order valence-corrected chi connectivity index (χ0v) is 15.1. The smallest absolute Gasteiger partial charge is 0.234 e. The monoisotopic (exact) mass is 332 g/mol. The fourth-order valence-electron chi connectivity index (χ4n) is 2.30. The Morgan fingerprint density at radius 2 is 1.91 bits per heavy atom. The van der Waals surface area contributed by atoms with E-state index in [1.165, 1.54) is 11.8 Å². The van der Waals surface area contributed by atoms with E-state index in [0.29, 0.717) is 11.7 Å². The van der Waals surface area contributed by atoms with Crippen LogP contribution in [0, 0.1) is 6.92 Å². The number of rotatable bonds is 6. The maximum atomic E-state index is 12.2. The first-order valence-corrected chi connectivity index (χ1v) is 8.81. The number of hydrogen-bond donors (Lipinski definition) is 1. The second-order valence-corrected chi connectivity index (χ2v) is 7.05. The van der Waals surface area contributed by atoms with E-state index in [-0.39, 0.29) is 11.9 Å². The van der Waals surface area contributed by atoms with Crippen LogP contribution in [-0.2, 0) is 4.79 Å². The molecule has 0 saturated heterocycles. The zero-order valence-electron chi connectivity index (χ0n) is 14.3. The maximum absolute atomic E-state index is 12.2. The fraction of sp³-hybridized carbons (Fsp3) is 0.471. The molecule has 0 radical (unpaired) electrons. The quantitative estimate of drug-likeness (QED) is 0.812. The van der Waals surface area contributed by atoms with Gasteiger partial charge in [0.1, 0.15) is 5.82 Å². The van der Waals surface area contributed by atoms with Gasteiger partial charge >= 0.3 is 0 Å². The Morgan fingerprint density at radius 3 is 2.52 bits per heavy atom. The molecule has 2 aromatic rings. The number of carbonyl (C=O) groups excluding carboxylic acids is 1. The molecule has 1 aromatic heterocycles. The molecule has 0 atom stereocenters. The number of nitrogens with zero attached hydrogens (tertiary/aromatic N) is 3. The van der Waals surface area contributed by atoms with Crippen molar-refractivity contribution in [3.63, 3.8) is 0 Å². The van der Waals surface area contributed by atoms with E-state index in [4.69, 9.17) is 0 Å². The highest BCUT2D eigenvalue weighted by Crippen LogP contribution is 2.25. The number of nitrogens with one attached hydrogen (secondary N) is 1. The van der Waals surface area contributed by atoms with Crippen LogP contribution in [0.3, 0.4) is 0 Å². The van der Waals surface area contributed by atoms with Crippen molar-refractivity contribution in [2.75, 3.05) is 11.1 Å². The van der Waals surface area contributed by atoms with Crippen LogP contribution in [0.2, 0.25) is 0 Å². The first-order chi connectivity index (χ1) is 10.9. The molecule has 23 heavy (non-hydrogen) atoms. The fourth-order valence-corrected chi connectivity index (χ4v) is 3.17. The van der Waals surface area contributed by atoms with E-state index in [9.17, 15) is 4.79 Å². The topological polar surface area (TPSA) is 59.8 Å². The SMILES string of the molecule is Cc1ccccc1NC(=O)CSc1nnc(C(C)C)n1C(C)C. The van der Waals surface area contributed by atoms with Gasteiger partial charge < -0.3 is 9.88 Å². The number of para-hydroxylation sites is 1. The molecule has 0 spiro atoms. The van der Waals surface area contributed by atoms with Crippen molar-refractivity contribution in [3.8, 4) is 0 Å². The summed E-state index contributed by atoms with van der Waals surface area (Å²) >= 11 is 1.42. The van der Waals surface area contributed by atoms with Crippen LogP contribution >= 0.6 is 11.8 Å². The number of amides is 1. The van der Waals surface area contributed by atoms with E-state index in [0.717, 1.165) is 22.2 Å². The number of aryl methyl sites for hydroxylation is 1. The molecule has 5 nitrogen and oxygen atoms in total. The van der Waals surface area contributed by atoms with Gasteiger partial charge in [0.25, 0.3) is 0 Å². The molecule has 0 saturated carbocycles. The molecule has 0 aliphatic rings. The van der Waals surface area contributed by atoms with Gasteiger partial charge in [-0.3, -0.25) is 4.79 Å². The van der Waals surface area contributed by atoms with E-state index < -0.39 is 0 Å². The van der Waals surface area contributed by atoms with Gasteiger partial charge in [0.2, 0.25) is 5.91 Å². The second-order valence-electron chi connectivity index (χ2n) is 6.11. The van der Waals surface area contributed by atoms with Gasteiger partial charge in [-0.25, -0.2) is 0 Å². The summed E-state index contributed by atoms with van der Waals surface area (Å²) in [5.41, 5.74) is 1.91. The lowest BCUT2D eigenvalue weighted by Crippen LogP contribution is -2.16. The summed E-state index contributed by atoms with van der Waals surface area (Å²) in [5.74, 6) is 1.55. The van der Waals surface area contributed by atoms with E-state index in [1.54, 1.807) is 0 Å². The molecular weight excluding hydrogens is 308 g/mol. The maximum Gasteiger partial charge on any atom is 0.234 e. The van der Waals surface area contributed by atoms with Gasteiger partial charge in [-0.1, -0.05) is 43.8 Å². The summed E-state index contributed by atoms with van der Waals surface area (Å²) in [6, 6.07) is 8.03. The van der Waals surface area contributed by atoms with Crippen LogP contribution in [0.5, 0.6) is 0 Å². The molecule has 0 bridgehead atoms. The number of aromatic nitrogens is 3. The Balaban J connectivity index is 2.03. The van der Waals surface area contributed by atoms with Gasteiger partial charge in [0.05, 0.1) is 5.75 Å². The molecule has 0 unspecified atom stereocenters. The largest absolute Gasteiger partial charge is 0.325 e. The molecule has 0 fully saturated rings. The first-order valence-electron chi connectivity index (χ1n) is 7.83. The molecule has 6 heteroatoms. The highest BCUT2D eigenvalue weighted by Gasteiger charge is 2.18. The number of benzene rings is 1. The highest BCUT2D eigenvalue weighted by molar-refractivity contribution is 7.99. The molecule has 1 heterocycles. The van der Waals surface area contributed by atoms with Gasteiger partial charge in [-0.05, 0) is 32.4 Å². The molecule has 2 rings (SSSR count). The van der Waals surface area contributed by atoms with Crippen molar-refractivity contribution < 1.29 is 4.79 Å². The molecule has 124 valence electrons. The van der Waals surface area contributed by atoms with Crippen molar-refractivity contribution >= 4 is 23.4 Å². The normalized spacial score (nSPS) is 11.3.